The molecule has 0 bridgehead atoms. The molecule has 0 unspecified atom stereocenters. The Morgan fingerprint density at radius 2 is 1.65 bits per heavy atom. The Hall–Kier alpha value is -2.78. The van der Waals surface area contributed by atoms with Gasteiger partial charge in [0.1, 0.15) is 11.9 Å². The second-order valence-corrected chi connectivity index (χ2v) is 10.7. The first-order chi connectivity index (χ1) is 16.2. The van der Waals surface area contributed by atoms with Gasteiger partial charge in [-0.2, -0.15) is 0 Å². The average Bonchev–Trinajstić information content (AvgIpc) is 2.83. The van der Waals surface area contributed by atoms with Crippen molar-refractivity contribution in [3.63, 3.8) is 0 Å². The lowest BCUT2D eigenvalue weighted by atomic mass is 9.81. The number of hydrogen-bond donors (Lipinski definition) is 2. The Morgan fingerprint density at radius 1 is 1.03 bits per heavy atom. The molecule has 2 N–H and O–H groups in total. The topological polar surface area (TPSA) is 95.6 Å². The predicted octanol–water partition coefficient (Wildman–Crippen LogP) is 3.07. The summed E-state index contributed by atoms with van der Waals surface area (Å²) < 4.78 is 40.4. The van der Waals surface area contributed by atoms with Crippen molar-refractivity contribution in [3.8, 4) is 0 Å². The van der Waals surface area contributed by atoms with Crippen molar-refractivity contribution < 1.29 is 22.4 Å². The van der Waals surface area contributed by atoms with Gasteiger partial charge in [0.25, 0.3) is 0 Å². The first-order valence-electron chi connectivity index (χ1n) is 11.5. The van der Waals surface area contributed by atoms with Crippen molar-refractivity contribution in [2.24, 2.45) is 11.8 Å². The number of likely N-dealkylation sites (N-methyl/N-ethyl adjacent to an activating group) is 1. The zero-order chi connectivity index (χ0) is 24.7. The third kappa shape index (κ3) is 7.11. The van der Waals surface area contributed by atoms with Crippen LogP contribution in [-0.4, -0.2) is 44.8 Å². The molecule has 0 aliphatic heterocycles. The molecule has 1 atom stereocenters. The van der Waals surface area contributed by atoms with Crippen molar-refractivity contribution in [1.29, 1.82) is 0 Å². The number of rotatable bonds is 9. The number of benzene rings is 2. The number of amides is 2. The van der Waals surface area contributed by atoms with E-state index in [1.54, 1.807) is 18.9 Å². The van der Waals surface area contributed by atoms with Crippen molar-refractivity contribution in [2.45, 2.75) is 50.1 Å². The second kappa shape index (κ2) is 11.6. The Balaban J connectivity index is 1.42. The molecule has 7 nitrogen and oxygen atoms in total. The highest BCUT2D eigenvalue weighted by Crippen LogP contribution is 2.29. The quantitative estimate of drug-likeness (QED) is 0.566. The molecular formula is C25H32FN3O4S. The molecule has 1 saturated carbocycles. The molecule has 1 fully saturated rings. The van der Waals surface area contributed by atoms with Crippen LogP contribution in [0.1, 0.15) is 38.2 Å². The molecule has 0 heterocycles. The lowest BCUT2D eigenvalue weighted by Gasteiger charge is -2.29. The van der Waals surface area contributed by atoms with E-state index in [0.717, 1.165) is 17.7 Å². The monoisotopic (exact) mass is 489 g/mol. The van der Waals surface area contributed by atoms with Crippen LogP contribution in [0.15, 0.2) is 59.5 Å². The molecule has 0 aromatic heterocycles. The van der Waals surface area contributed by atoms with Crippen LogP contribution in [0.4, 0.5) is 4.39 Å². The third-order valence-corrected chi connectivity index (χ3v) is 7.71. The van der Waals surface area contributed by atoms with E-state index in [1.165, 1.54) is 12.1 Å². The molecule has 34 heavy (non-hydrogen) atoms. The number of hydrogen-bond acceptors (Lipinski definition) is 4. The van der Waals surface area contributed by atoms with Gasteiger partial charge in [-0.25, -0.2) is 17.5 Å². The van der Waals surface area contributed by atoms with Gasteiger partial charge in [0.2, 0.25) is 21.8 Å². The van der Waals surface area contributed by atoms with E-state index in [1.807, 2.05) is 30.3 Å². The van der Waals surface area contributed by atoms with Gasteiger partial charge in [0.05, 0.1) is 4.90 Å². The smallest absolute Gasteiger partial charge is 0.244 e. The van der Waals surface area contributed by atoms with E-state index < -0.39 is 21.9 Å². The maximum atomic E-state index is 13.0. The highest BCUT2D eigenvalue weighted by Gasteiger charge is 2.29. The number of nitrogens with one attached hydrogen (secondary N) is 2. The Kier molecular flexibility index (Phi) is 8.79. The normalized spacial score (nSPS) is 19.3. The van der Waals surface area contributed by atoms with E-state index in [9.17, 15) is 22.4 Å². The summed E-state index contributed by atoms with van der Waals surface area (Å²) in [7, 11) is -1.98. The molecule has 0 spiro atoms. The van der Waals surface area contributed by atoms with Gasteiger partial charge < -0.3 is 10.2 Å². The minimum Gasteiger partial charge on any atom is -0.344 e. The van der Waals surface area contributed by atoms with Gasteiger partial charge in [-0.1, -0.05) is 30.3 Å². The van der Waals surface area contributed by atoms with E-state index in [4.69, 9.17) is 0 Å². The summed E-state index contributed by atoms with van der Waals surface area (Å²) in [6.45, 7) is 2.43. The van der Waals surface area contributed by atoms with Crippen molar-refractivity contribution >= 4 is 21.8 Å². The summed E-state index contributed by atoms with van der Waals surface area (Å²) in [4.78, 5) is 27.0. The van der Waals surface area contributed by atoms with Crippen molar-refractivity contribution in [2.75, 3.05) is 13.6 Å². The van der Waals surface area contributed by atoms with Crippen LogP contribution in [0.25, 0.3) is 0 Å². The fourth-order valence-corrected chi connectivity index (χ4v) is 5.33. The minimum absolute atomic E-state index is 0.0258. The summed E-state index contributed by atoms with van der Waals surface area (Å²) in [5, 5.41) is 2.84. The number of nitrogens with zero attached hydrogens (tertiary/aromatic N) is 1. The van der Waals surface area contributed by atoms with Crippen LogP contribution in [0.3, 0.4) is 0 Å². The summed E-state index contributed by atoms with van der Waals surface area (Å²) in [6, 6.07) is 13.7. The van der Waals surface area contributed by atoms with Gasteiger partial charge in [0, 0.05) is 26.1 Å². The number of carbonyl (C=O) groups is 2. The SMILES string of the molecule is C[C@H](NC(=O)C1CCC(CNS(=O)(=O)c2ccc(F)cc2)CC1)C(=O)N(C)Cc1ccccc1. The lowest BCUT2D eigenvalue weighted by Crippen LogP contribution is -2.47. The summed E-state index contributed by atoms with van der Waals surface area (Å²) >= 11 is 0. The van der Waals surface area contributed by atoms with E-state index in [2.05, 4.69) is 10.0 Å². The molecular weight excluding hydrogens is 457 g/mol. The fourth-order valence-electron chi connectivity index (χ4n) is 4.21. The second-order valence-electron chi connectivity index (χ2n) is 8.93. The van der Waals surface area contributed by atoms with Gasteiger partial charge in [0.15, 0.2) is 0 Å². The molecule has 1 aliphatic carbocycles. The molecule has 3 rings (SSSR count). The predicted molar refractivity (Wildman–Crippen MR) is 128 cm³/mol. The van der Waals surface area contributed by atoms with E-state index >= 15 is 0 Å². The Labute approximate surface area is 200 Å². The molecule has 2 aromatic carbocycles. The summed E-state index contributed by atoms with van der Waals surface area (Å²) in [6.07, 6.45) is 2.69. The maximum absolute atomic E-state index is 13.0. The zero-order valence-corrected chi connectivity index (χ0v) is 20.4. The van der Waals surface area contributed by atoms with Gasteiger partial charge in [-0.15, -0.1) is 0 Å². The third-order valence-electron chi connectivity index (χ3n) is 6.27. The molecule has 0 saturated heterocycles. The summed E-state index contributed by atoms with van der Waals surface area (Å²) in [5.74, 6) is -0.857. The van der Waals surface area contributed by atoms with Crippen LogP contribution in [-0.2, 0) is 26.2 Å². The minimum atomic E-state index is -3.70. The van der Waals surface area contributed by atoms with Gasteiger partial charge in [-0.05, 0) is 68.4 Å². The Bertz CT molecular complexity index is 1070. The van der Waals surface area contributed by atoms with Gasteiger partial charge >= 0.3 is 0 Å². The number of carbonyl (C=O) groups excluding carboxylic acids is 2. The average molecular weight is 490 g/mol. The molecule has 2 aromatic rings. The lowest BCUT2D eigenvalue weighted by molar-refractivity contribution is -0.136. The number of sulfonamides is 1. The largest absolute Gasteiger partial charge is 0.344 e. The molecule has 0 radical (unpaired) electrons. The maximum Gasteiger partial charge on any atom is 0.244 e. The molecule has 184 valence electrons. The highest BCUT2D eigenvalue weighted by atomic mass is 32.2. The molecule has 9 heteroatoms. The summed E-state index contributed by atoms with van der Waals surface area (Å²) in [5.41, 5.74) is 1.02. The van der Waals surface area contributed by atoms with E-state index in [-0.39, 0.29) is 35.1 Å². The fraction of sp³-hybridized carbons (Fsp3) is 0.440. The van der Waals surface area contributed by atoms with Gasteiger partial charge in [-0.3, -0.25) is 9.59 Å². The van der Waals surface area contributed by atoms with Crippen LogP contribution in [0.2, 0.25) is 0 Å². The first kappa shape index (κ1) is 25.8. The standard InChI is InChI=1S/C25H32FN3O4S/c1-18(25(31)29(2)17-20-6-4-3-5-7-20)28-24(30)21-10-8-19(9-11-21)16-27-34(32,33)23-14-12-22(26)13-15-23/h3-7,12-15,18-19,21,27H,8-11,16-17H2,1-2H3,(H,28,30)/t18-,19?,21?/m0/s1. The van der Waals surface area contributed by atoms with Crippen molar-refractivity contribution in [1.82, 2.24) is 14.9 Å². The number of halogens is 1. The Morgan fingerprint density at radius 3 is 2.26 bits per heavy atom. The van der Waals surface area contributed by atoms with Crippen LogP contribution in [0, 0.1) is 17.7 Å². The van der Waals surface area contributed by atoms with Crippen LogP contribution in [0.5, 0.6) is 0 Å². The van der Waals surface area contributed by atoms with E-state index in [0.29, 0.717) is 32.2 Å². The molecule has 1 aliphatic rings. The highest BCUT2D eigenvalue weighted by molar-refractivity contribution is 7.89. The zero-order valence-electron chi connectivity index (χ0n) is 19.5. The van der Waals surface area contributed by atoms with Crippen molar-refractivity contribution in [3.05, 3.63) is 66.0 Å². The first-order valence-corrected chi connectivity index (χ1v) is 13.0. The van der Waals surface area contributed by atoms with Crippen LogP contribution < -0.4 is 10.0 Å². The van der Waals surface area contributed by atoms with Crippen LogP contribution >= 0.6 is 0 Å². The molecule has 2 amide bonds.